The standard InChI is InChI=1S/C24H43N5O.HI/c1-6-25-24(26-15-7-8-16-28(4)20(2)3)27-19-23(29-17-9-10-18-29)21-11-13-22(30-5)14-12-21;/h11-14,20,23H,6-10,15-19H2,1-5H3,(H2,25,26,27);1H. The van der Waals surface area contributed by atoms with Gasteiger partial charge in [-0.2, -0.15) is 0 Å². The molecule has 2 N–H and O–H groups in total. The number of ether oxygens (including phenoxy) is 1. The molecular weight excluding hydrogens is 501 g/mol. The summed E-state index contributed by atoms with van der Waals surface area (Å²) < 4.78 is 5.33. The van der Waals surface area contributed by atoms with Crippen molar-refractivity contribution in [3.05, 3.63) is 29.8 Å². The van der Waals surface area contributed by atoms with E-state index in [1.54, 1.807) is 7.11 Å². The Morgan fingerprint density at radius 1 is 1.13 bits per heavy atom. The van der Waals surface area contributed by atoms with Crippen LogP contribution < -0.4 is 15.4 Å². The summed E-state index contributed by atoms with van der Waals surface area (Å²) >= 11 is 0. The van der Waals surface area contributed by atoms with Gasteiger partial charge in [-0.1, -0.05) is 12.1 Å². The van der Waals surface area contributed by atoms with Gasteiger partial charge in [0.05, 0.1) is 19.7 Å². The highest BCUT2D eigenvalue weighted by atomic mass is 127. The van der Waals surface area contributed by atoms with Crippen LogP contribution in [0.5, 0.6) is 5.75 Å². The number of hydrogen-bond acceptors (Lipinski definition) is 4. The Labute approximate surface area is 207 Å². The number of methoxy groups -OCH3 is 1. The second-order valence-corrected chi connectivity index (χ2v) is 8.46. The van der Waals surface area contributed by atoms with Crippen LogP contribution in [0.1, 0.15) is 58.1 Å². The molecule has 0 radical (unpaired) electrons. The van der Waals surface area contributed by atoms with E-state index in [0.29, 0.717) is 12.1 Å². The van der Waals surface area contributed by atoms with Crippen molar-refractivity contribution in [2.45, 2.75) is 58.5 Å². The third-order valence-corrected chi connectivity index (χ3v) is 5.96. The highest BCUT2D eigenvalue weighted by molar-refractivity contribution is 14.0. The lowest BCUT2D eigenvalue weighted by Gasteiger charge is -2.27. The van der Waals surface area contributed by atoms with Gasteiger partial charge in [0.2, 0.25) is 0 Å². The number of hydrogen-bond donors (Lipinski definition) is 2. The lowest BCUT2D eigenvalue weighted by molar-refractivity contribution is 0.251. The third-order valence-electron chi connectivity index (χ3n) is 5.96. The molecule has 31 heavy (non-hydrogen) atoms. The molecule has 1 saturated heterocycles. The summed E-state index contributed by atoms with van der Waals surface area (Å²) in [5, 5.41) is 6.93. The molecule has 1 unspecified atom stereocenters. The Balaban J connectivity index is 0.00000480. The monoisotopic (exact) mass is 545 g/mol. The number of nitrogens with one attached hydrogen (secondary N) is 2. The minimum absolute atomic E-state index is 0. The molecule has 1 aromatic carbocycles. The van der Waals surface area contributed by atoms with Crippen molar-refractivity contribution >= 4 is 29.9 Å². The van der Waals surface area contributed by atoms with Gasteiger partial charge in [-0.25, -0.2) is 0 Å². The highest BCUT2D eigenvalue weighted by Crippen LogP contribution is 2.27. The molecule has 0 aromatic heterocycles. The second-order valence-electron chi connectivity index (χ2n) is 8.46. The van der Waals surface area contributed by atoms with Crippen molar-refractivity contribution in [3.8, 4) is 5.75 Å². The predicted octanol–water partition coefficient (Wildman–Crippen LogP) is 4.13. The van der Waals surface area contributed by atoms with Crippen molar-refractivity contribution in [3.63, 3.8) is 0 Å². The lowest BCUT2D eigenvalue weighted by Crippen LogP contribution is -2.39. The van der Waals surface area contributed by atoms with Gasteiger partial charge in [0.15, 0.2) is 5.96 Å². The molecule has 1 aliphatic rings. The zero-order valence-electron chi connectivity index (χ0n) is 20.2. The van der Waals surface area contributed by atoms with E-state index in [9.17, 15) is 0 Å². The molecule has 1 heterocycles. The number of likely N-dealkylation sites (tertiary alicyclic amines) is 1. The second kappa shape index (κ2) is 15.7. The molecule has 7 heteroatoms. The zero-order chi connectivity index (χ0) is 21.8. The van der Waals surface area contributed by atoms with Crippen LogP contribution >= 0.6 is 24.0 Å². The molecule has 1 aromatic rings. The van der Waals surface area contributed by atoms with Gasteiger partial charge >= 0.3 is 0 Å². The third kappa shape index (κ3) is 9.95. The SMILES string of the molecule is CCNC(=NCC(c1ccc(OC)cc1)N1CCCC1)NCCCCN(C)C(C)C.I. The van der Waals surface area contributed by atoms with E-state index in [1.807, 2.05) is 0 Å². The molecular formula is C24H44IN5O. The number of aliphatic imine (C=N–C) groups is 1. The zero-order valence-corrected chi connectivity index (χ0v) is 22.5. The molecule has 2 rings (SSSR count). The number of unbranched alkanes of at least 4 members (excludes halogenated alkanes) is 1. The topological polar surface area (TPSA) is 52.1 Å². The van der Waals surface area contributed by atoms with Crippen LogP contribution in [-0.4, -0.2) is 75.2 Å². The number of nitrogens with zero attached hydrogens (tertiary/aromatic N) is 3. The Morgan fingerprint density at radius 3 is 2.39 bits per heavy atom. The maximum atomic E-state index is 5.33. The smallest absolute Gasteiger partial charge is 0.191 e. The summed E-state index contributed by atoms with van der Waals surface area (Å²) in [5.74, 6) is 1.83. The molecule has 0 aliphatic carbocycles. The van der Waals surface area contributed by atoms with Gasteiger partial charge in [0.25, 0.3) is 0 Å². The first-order valence-corrected chi connectivity index (χ1v) is 11.7. The van der Waals surface area contributed by atoms with Gasteiger partial charge in [0, 0.05) is 19.1 Å². The van der Waals surface area contributed by atoms with Crippen LogP contribution in [0.2, 0.25) is 0 Å². The van der Waals surface area contributed by atoms with Gasteiger partial charge < -0.3 is 20.3 Å². The number of halogens is 1. The molecule has 0 amide bonds. The molecule has 1 aliphatic heterocycles. The summed E-state index contributed by atoms with van der Waals surface area (Å²) in [5.41, 5.74) is 1.31. The first kappa shape index (κ1) is 28.0. The van der Waals surface area contributed by atoms with Gasteiger partial charge in [-0.05, 0) is 90.8 Å². The maximum absolute atomic E-state index is 5.33. The van der Waals surface area contributed by atoms with Gasteiger partial charge in [-0.15, -0.1) is 24.0 Å². The molecule has 1 fully saturated rings. The van der Waals surface area contributed by atoms with E-state index in [0.717, 1.165) is 57.4 Å². The molecule has 6 nitrogen and oxygen atoms in total. The summed E-state index contributed by atoms with van der Waals surface area (Å²) in [6.07, 6.45) is 4.90. The van der Waals surface area contributed by atoms with Crippen molar-refractivity contribution in [2.24, 2.45) is 4.99 Å². The van der Waals surface area contributed by atoms with Gasteiger partial charge in [0.1, 0.15) is 5.75 Å². The fourth-order valence-corrected chi connectivity index (χ4v) is 3.78. The summed E-state index contributed by atoms with van der Waals surface area (Å²) in [6.45, 7) is 12.6. The normalized spacial score (nSPS) is 15.8. The van der Waals surface area contributed by atoms with E-state index in [2.05, 4.69) is 72.5 Å². The fraction of sp³-hybridized carbons (Fsp3) is 0.708. The number of guanidine groups is 1. The van der Waals surface area contributed by atoms with Crippen LogP contribution in [0.25, 0.3) is 0 Å². The van der Waals surface area contributed by atoms with E-state index in [1.165, 1.54) is 24.8 Å². The molecule has 0 spiro atoms. The Bertz CT molecular complexity index is 617. The maximum Gasteiger partial charge on any atom is 0.191 e. The average Bonchev–Trinajstić information content (AvgIpc) is 3.28. The van der Waals surface area contributed by atoms with Crippen LogP contribution in [0, 0.1) is 0 Å². The number of benzene rings is 1. The van der Waals surface area contributed by atoms with E-state index in [-0.39, 0.29) is 24.0 Å². The summed E-state index contributed by atoms with van der Waals surface area (Å²) in [7, 11) is 3.91. The van der Waals surface area contributed by atoms with Crippen LogP contribution in [0.15, 0.2) is 29.3 Å². The largest absolute Gasteiger partial charge is 0.497 e. The molecule has 0 saturated carbocycles. The van der Waals surface area contributed by atoms with E-state index >= 15 is 0 Å². The summed E-state index contributed by atoms with van der Waals surface area (Å²) in [6, 6.07) is 9.40. The first-order valence-electron chi connectivity index (χ1n) is 11.7. The first-order chi connectivity index (χ1) is 14.5. The lowest BCUT2D eigenvalue weighted by atomic mass is 10.1. The fourth-order valence-electron chi connectivity index (χ4n) is 3.78. The minimum atomic E-state index is 0. The van der Waals surface area contributed by atoms with Gasteiger partial charge in [-0.3, -0.25) is 9.89 Å². The van der Waals surface area contributed by atoms with Crippen molar-refractivity contribution in [2.75, 3.05) is 53.4 Å². The van der Waals surface area contributed by atoms with Crippen molar-refractivity contribution in [1.82, 2.24) is 20.4 Å². The van der Waals surface area contributed by atoms with E-state index in [4.69, 9.17) is 9.73 Å². The Kier molecular flexibility index (Phi) is 14.2. The number of rotatable bonds is 12. The summed E-state index contributed by atoms with van der Waals surface area (Å²) in [4.78, 5) is 9.91. The van der Waals surface area contributed by atoms with E-state index < -0.39 is 0 Å². The van der Waals surface area contributed by atoms with Crippen LogP contribution in [0.4, 0.5) is 0 Å². The van der Waals surface area contributed by atoms with Crippen molar-refractivity contribution in [1.29, 1.82) is 0 Å². The average molecular weight is 546 g/mol. The predicted molar refractivity (Wildman–Crippen MR) is 143 cm³/mol. The Hall–Kier alpha value is -1.06. The molecule has 1 atom stereocenters. The Morgan fingerprint density at radius 2 is 1.81 bits per heavy atom. The minimum Gasteiger partial charge on any atom is -0.497 e. The highest BCUT2D eigenvalue weighted by Gasteiger charge is 2.23. The molecule has 0 bridgehead atoms. The molecule has 178 valence electrons. The van der Waals surface area contributed by atoms with Crippen molar-refractivity contribution < 1.29 is 4.74 Å². The van der Waals surface area contributed by atoms with Crippen LogP contribution in [-0.2, 0) is 0 Å². The van der Waals surface area contributed by atoms with Crippen LogP contribution in [0.3, 0.4) is 0 Å². The quantitative estimate of drug-likeness (QED) is 0.179.